The van der Waals surface area contributed by atoms with Crippen LogP contribution in [0.25, 0.3) is 0 Å². The lowest BCUT2D eigenvalue weighted by molar-refractivity contribution is 0.239. The third kappa shape index (κ3) is 3.22. The van der Waals surface area contributed by atoms with E-state index in [1.54, 1.807) is 0 Å². The van der Waals surface area contributed by atoms with E-state index in [4.69, 9.17) is 4.52 Å². The normalized spacial score (nSPS) is 27.4. The third-order valence-corrected chi connectivity index (χ3v) is 4.96. The van der Waals surface area contributed by atoms with Gasteiger partial charge in [0, 0.05) is 18.4 Å². The molecule has 0 amide bonds. The van der Waals surface area contributed by atoms with Gasteiger partial charge in [0.15, 0.2) is 5.82 Å². The molecule has 3 rings (SSSR count). The summed E-state index contributed by atoms with van der Waals surface area (Å²) in [5, 5.41) is 7.89. The summed E-state index contributed by atoms with van der Waals surface area (Å²) in [4.78, 5) is 4.64. The van der Waals surface area contributed by atoms with Crippen molar-refractivity contribution in [1.82, 2.24) is 15.5 Å². The highest BCUT2D eigenvalue weighted by Gasteiger charge is 2.28. The molecule has 1 aromatic heterocycles. The van der Waals surface area contributed by atoms with Gasteiger partial charge in [0.25, 0.3) is 0 Å². The van der Waals surface area contributed by atoms with Gasteiger partial charge in [-0.05, 0) is 44.6 Å². The van der Waals surface area contributed by atoms with Gasteiger partial charge in [0.1, 0.15) is 0 Å². The summed E-state index contributed by atoms with van der Waals surface area (Å²) >= 11 is 0. The third-order valence-electron chi connectivity index (χ3n) is 4.96. The van der Waals surface area contributed by atoms with Gasteiger partial charge in [0.2, 0.25) is 5.89 Å². The van der Waals surface area contributed by atoms with Crippen LogP contribution in [-0.2, 0) is 6.42 Å². The van der Waals surface area contributed by atoms with Crippen LogP contribution in [0.15, 0.2) is 4.52 Å². The molecule has 1 N–H and O–H groups in total. The van der Waals surface area contributed by atoms with Gasteiger partial charge in [-0.2, -0.15) is 4.98 Å². The fourth-order valence-corrected chi connectivity index (χ4v) is 3.46. The largest absolute Gasteiger partial charge is 0.339 e. The predicted molar refractivity (Wildman–Crippen MR) is 78.6 cm³/mol. The quantitative estimate of drug-likeness (QED) is 0.865. The molecule has 112 valence electrons. The predicted octanol–water partition coefficient (Wildman–Crippen LogP) is 3.44. The minimum absolute atomic E-state index is 0.577. The molecule has 20 heavy (non-hydrogen) atoms. The summed E-state index contributed by atoms with van der Waals surface area (Å²) in [5.41, 5.74) is 0. The van der Waals surface area contributed by atoms with Gasteiger partial charge < -0.3 is 9.84 Å². The summed E-state index contributed by atoms with van der Waals surface area (Å²) in [6.07, 6.45) is 11.3. The lowest BCUT2D eigenvalue weighted by Crippen LogP contribution is -2.39. The van der Waals surface area contributed by atoms with E-state index in [1.165, 1.54) is 51.4 Å². The van der Waals surface area contributed by atoms with Gasteiger partial charge in [-0.3, -0.25) is 0 Å². The summed E-state index contributed by atoms with van der Waals surface area (Å²) in [5.74, 6) is 3.07. The first-order valence-corrected chi connectivity index (χ1v) is 8.42. The second-order valence-electron chi connectivity index (χ2n) is 6.48. The monoisotopic (exact) mass is 277 g/mol. The Balaban J connectivity index is 1.57. The molecule has 1 heterocycles. The average Bonchev–Trinajstić information content (AvgIpc) is 2.84. The molecule has 1 aromatic rings. The number of hydrogen-bond acceptors (Lipinski definition) is 4. The SMILES string of the molecule is CCCNC1CCCCC1Cc1nc(C2CCC2)no1. The fourth-order valence-electron chi connectivity index (χ4n) is 3.46. The zero-order valence-corrected chi connectivity index (χ0v) is 12.6. The molecule has 2 unspecified atom stereocenters. The van der Waals surface area contributed by atoms with Gasteiger partial charge in [0.05, 0.1) is 0 Å². The van der Waals surface area contributed by atoms with Crippen molar-refractivity contribution in [3.05, 3.63) is 11.7 Å². The lowest BCUT2D eigenvalue weighted by Gasteiger charge is -2.31. The molecule has 2 atom stereocenters. The minimum atomic E-state index is 0.577. The van der Waals surface area contributed by atoms with E-state index in [-0.39, 0.29) is 0 Å². The van der Waals surface area contributed by atoms with Crippen LogP contribution in [0.4, 0.5) is 0 Å². The Hall–Kier alpha value is -0.900. The molecule has 0 saturated heterocycles. The van der Waals surface area contributed by atoms with Crippen LogP contribution in [0.1, 0.15) is 75.9 Å². The molecular formula is C16H27N3O. The molecule has 0 radical (unpaired) electrons. The molecule has 2 saturated carbocycles. The molecule has 4 heteroatoms. The maximum absolute atomic E-state index is 5.49. The Labute approximate surface area is 121 Å². The Morgan fingerprint density at radius 2 is 2.00 bits per heavy atom. The highest BCUT2D eigenvalue weighted by Crippen LogP contribution is 2.35. The van der Waals surface area contributed by atoms with Crippen molar-refractivity contribution in [3.8, 4) is 0 Å². The van der Waals surface area contributed by atoms with Crippen LogP contribution < -0.4 is 5.32 Å². The average molecular weight is 277 g/mol. The van der Waals surface area contributed by atoms with E-state index in [2.05, 4.69) is 22.4 Å². The van der Waals surface area contributed by atoms with E-state index in [0.717, 1.165) is 24.7 Å². The number of rotatable bonds is 6. The van der Waals surface area contributed by atoms with Crippen molar-refractivity contribution in [1.29, 1.82) is 0 Å². The zero-order valence-electron chi connectivity index (χ0n) is 12.6. The molecule has 0 spiro atoms. The lowest BCUT2D eigenvalue weighted by atomic mass is 9.82. The molecule has 0 bridgehead atoms. The van der Waals surface area contributed by atoms with Gasteiger partial charge in [-0.15, -0.1) is 0 Å². The van der Waals surface area contributed by atoms with Crippen molar-refractivity contribution < 1.29 is 4.52 Å². The van der Waals surface area contributed by atoms with Gasteiger partial charge in [-0.25, -0.2) is 0 Å². The van der Waals surface area contributed by atoms with E-state index in [0.29, 0.717) is 17.9 Å². The highest BCUT2D eigenvalue weighted by atomic mass is 16.5. The first-order chi connectivity index (χ1) is 9.86. The Morgan fingerprint density at radius 3 is 2.75 bits per heavy atom. The van der Waals surface area contributed by atoms with Crippen LogP contribution in [0.2, 0.25) is 0 Å². The van der Waals surface area contributed by atoms with E-state index < -0.39 is 0 Å². The van der Waals surface area contributed by atoms with E-state index >= 15 is 0 Å². The first-order valence-electron chi connectivity index (χ1n) is 8.42. The smallest absolute Gasteiger partial charge is 0.226 e. The summed E-state index contributed by atoms with van der Waals surface area (Å²) < 4.78 is 5.49. The van der Waals surface area contributed by atoms with E-state index in [1.807, 2.05) is 0 Å². The number of nitrogens with zero attached hydrogens (tertiary/aromatic N) is 2. The van der Waals surface area contributed by atoms with Crippen molar-refractivity contribution >= 4 is 0 Å². The topological polar surface area (TPSA) is 51.0 Å². The number of aromatic nitrogens is 2. The Kier molecular flexibility index (Phi) is 4.71. The van der Waals surface area contributed by atoms with Crippen molar-refractivity contribution in [3.63, 3.8) is 0 Å². The molecule has 0 aliphatic heterocycles. The van der Waals surface area contributed by atoms with Gasteiger partial charge >= 0.3 is 0 Å². The molecule has 4 nitrogen and oxygen atoms in total. The fraction of sp³-hybridized carbons (Fsp3) is 0.875. The summed E-state index contributed by atoms with van der Waals surface area (Å²) in [7, 11) is 0. The van der Waals surface area contributed by atoms with Gasteiger partial charge in [-0.1, -0.05) is 31.3 Å². The Bertz CT molecular complexity index is 414. The zero-order chi connectivity index (χ0) is 13.8. The van der Waals surface area contributed by atoms with Crippen LogP contribution >= 0.6 is 0 Å². The van der Waals surface area contributed by atoms with Crippen LogP contribution in [0.3, 0.4) is 0 Å². The second kappa shape index (κ2) is 6.70. The second-order valence-corrected chi connectivity index (χ2v) is 6.48. The molecule has 2 aliphatic carbocycles. The standard InChI is InChI=1S/C16H27N3O/c1-2-10-17-14-9-4-3-6-13(14)11-15-18-16(19-20-15)12-7-5-8-12/h12-14,17H,2-11H2,1H3. The van der Waals surface area contributed by atoms with Crippen LogP contribution in [0, 0.1) is 5.92 Å². The highest BCUT2D eigenvalue weighted by molar-refractivity contribution is 5.00. The van der Waals surface area contributed by atoms with Crippen LogP contribution in [0.5, 0.6) is 0 Å². The summed E-state index contributed by atoms with van der Waals surface area (Å²) in [6.45, 7) is 3.35. The molecule has 0 aromatic carbocycles. The number of nitrogens with one attached hydrogen (secondary N) is 1. The molecular weight excluding hydrogens is 250 g/mol. The maximum Gasteiger partial charge on any atom is 0.226 e. The molecule has 2 fully saturated rings. The molecule has 2 aliphatic rings. The minimum Gasteiger partial charge on any atom is -0.339 e. The summed E-state index contributed by atoms with van der Waals surface area (Å²) in [6, 6.07) is 0.641. The van der Waals surface area contributed by atoms with E-state index in [9.17, 15) is 0 Å². The number of hydrogen-bond donors (Lipinski definition) is 1. The first kappa shape index (κ1) is 14.1. The maximum atomic E-state index is 5.49. The van der Waals surface area contributed by atoms with Crippen molar-refractivity contribution in [2.75, 3.05) is 6.54 Å². The Morgan fingerprint density at radius 1 is 1.15 bits per heavy atom. The van der Waals surface area contributed by atoms with Crippen molar-refractivity contribution in [2.45, 2.75) is 76.7 Å². The van der Waals surface area contributed by atoms with Crippen LogP contribution in [-0.4, -0.2) is 22.7 Å². The van der Waals surface area contributed by atoms with Crippen molar-refractivity contribution in [2.24, 2.45) is 5.92 Å².